The molecule has 0 spiro atoms. The molecular formula is C20H44O8Si2. The molecule has 0 unspecified atom stereocenters. The quantitative estimate of drug-likeness (QED) is 0.141. The second kappa shape index (κ2) is 18.3. The van der Waals surface area contributed by atoms with E-state index in [0.29, 0.717) is 71.2 Å². The van der Waals surface area contributed by atoms with E-state index in [1.54, 1.807) is 0 Å². The zero-order chi connectivity index (χ0) is 22.7. The average Bonchev–Trinajstić information content (AvgIpc) is 2.70. The van der Waals surface area contributed by atoms with E-state index in [2.05, 4.69) is 0 Å². The molecule has 0 saturated heterocycles. The fraction of sp³-hybridized carbons (Fsp3) is 0.950. The van der Waals surface area contributed by atoms with Gasteiger partial charge < -0.3 is 31.3 Å². The molecule has 180 valence electrons. The van der Waals surface area contributed by atoms with Gasteiger partial charge in [0.1, 0.15) is 0 Å². The van der Waals surface area contributed by atoms with Gasteiger partial charge in [0.05, 0.1) is 6.61 Å². The fourth-order valence-electron chi connectivity index (χ4n) is 3.16. The molecule has 0 heterocycles. The van der Waals surface area contributed by atoms with Crippen molar-refractivity contribution in [3.63, 3.8) is 0 Å². The van der Waals surface area contributed by atoms with Gasteiger partial charge in [-0.1, -0.05) is 0 Å². The maximum atomic E-state index is 12.1. The lowest BCUT2D eigenvalue weighted by molar-refractivity contribution is -0.143. The summed E-state index contributed by atoms with van der Waals surface area (Å²) in [5, 5.41) is 0. The van der Waals surface area contributed by atoms with Gasteiger partial charge in [0.15, 0.2) is 0 Å². The maximum absolute atomic E-state index is 12.1. The Balaban J connectivity index is 4.27. The number of hydrogen-bond acceptors (Lipinski definition) is 8. The highest BCUT2D eigenvalue weighted by atomic mass is 28.4. The van der Waals surface area contributed by atoms with Gasteiger partial charge in [-0.2, -0.15) is 0 Å². The van der Waals surface area contributed by atoms with Crippen molar-refractivity contribution in [2.24, 2.45) is 0 Å². The molecule has 0 atom stereocenters. The van der Waals surface area contributed by atoms with Crippen molar-refractivity contribution in [1.29, 1.82) is 0 Å². The van der Waals surface area contributed by atoms with E-state index in [9.17, 15) is 4.79 Å². The summed E-state index contributed by atoms with van der Waals surface area (Å²) in [4.78, 5) is 12.1. The average molecular weight is 469 g/mol. The van der Waals surface area contributed by atoms with E-state index in [1.165, 1.54) is 0 Å². The molecule has 0 rings (SSSR count). The van der Waals surface area contributed by atoms with E-state index in [-0.39, 0.29) is 5.97 Å². The molecular weight excluding hydrogens is 424 g/mol. The Hall–Kier alpha value is -0.336. The van der Waals surface area contributed by atoms with Crippen LogP contribution in [0.4, 0.5) is 0 Å². The van der Waals surface area contributed by atoms with Gasteiger partial charge in [-0.15, -0.1) is 0 Å². The molecule has 10 heteroatoms. The topological polar surface area (TPSA) is 81.7 Å². The van der Waals surface area contributed by atoms with Crippen molar-refractivity contribution >= 4 is 23.6 Å². The van der Waals surface area contributed by atoms with Crippen LogP contribution >= 0.6 is 0 Å². The zero-order valence-corrected chi connectivity index (χ0v) is 22.0. The van der Waals surface area contributed by atoms with Crippen LogP contribution < -0.4 is 0 Å². The van der Waals surface area contributed by atoms with Crippen molar-refractivity contribution in [2.75, 3.05) is 46.2 Å². The molecule has 0 aromatic heterocycles. The molecule has 0 aliphatic rings. The summed E-state index contributed by atoms with van der Waals surface area (Å²) in [7, 11) is -5.30. The molecule has 0 bridgehead atoms. The van der Waals surface area contributed by atoms with Crippen molar-refractivity contribution in [2.45, 2.75) is 79.3 Å². The Morgan fingerprint density at radius 3 is 1.30 bits per heavy atom. The van der Waals surface area contributed by atoms with E-state index in [4.69, 9.17) is 31.3 Å². The standard InChI is InChI=1S/C20H44O8Si2/c1-7-23-29(24-8-2,25-9-3)18-14-13-16-20(21)22-17-15-19-30(26-10-4,27-11-5)28-12-6/h7-19H2,1-6H3. The molecule has 0 N–H and O–H groups in total. The second-order valence-electron chi connectivity index (χ2n) is 6.50. The van der Waals surface area contributed by atoms with Gasteiger partial charge in [0.25, 0.3) is 0 Å². The molecule has 0 aromatic rings. The Morgan fingerprint density at radius 1 is 0.567 bits per heavy atom. The van der Waals surface area contributed by atoms with Crippen molar-refractivity contribution in [3.05, 3.63) is 0 Å². The molecule has 8 nitrogen and oxygen atoms in total. The summed E-state index contributed by atoms with van der Waals surface area (Å²) in [6.07, 6.45) is 2.56. The first-order valence-electron chi connectivity index (χ1n) is 11.5. The van der Waals surface area contributed by atoms with Crippen LogP contribution in [0.15, 0.2) is 0 Å². The first-order chi connectivity index (χ1) is 14.5. The third-order valence-electron chi connectivity index (χ3n) is 4.19. The van der Waals surface area contributed by atoms with Crippen LogP contribution in [0.1, 0.15) is 67.2 Å². The number of esters is 1. The smallest absolute Gasteiger partial charge is 0.466 e. The maximum Gasteiger partial charge on any atom is 0.501 e. The lowest BCUT2D eigenvalue weighted by atomic mass is 10.2. The minimum Gasteiger partial charge on any atom is -0.466 e. The summed E-state index contributed by atoms with van der Waals surface area (Å²) in [5.74, 6) is -0.192. The third-order valence-corrected chi connectivity index (χ3v) is 10.5. The highest BCUT2D eigenvalue weighted by molar-refractivity contribution is 6.61. The molecule has 0 saturated carbocycles. The minimum atomic E-state index is -2.67. The van der Waals surface area contributed by atoms with E-state index in [1.807, 2.05) is 41.5 Å². The molecule has 0 aromatic carbocycles. The Morgan fingerprint density at radius 2 is 0.933 bits per heavy atom. The number of unbranched alkanes of at least 4 members (excludes halogenated alkanes) is 1. The molecule has 0 amide bonds. The van der Waals surface area contributed by atoms with Gasteiger partial charge >= 0.3 is 23.6 Å². The van der Waals surface area contributed by atoms with Gasteiger partial charge in [-0.25, -0.2) is 0 Å². The normalized spacial score (nSPS) is 12.3. The molecule has 0 aliphatic heterocycles. The van der Waals surface area contributed by atoms with E-state index in [0.717, 1.165) is 12.8 Å². The molecule has 0 fully saturated rings. The van der Waals surface area contributed by atoms with Crippen LogP contribution in [0.2, 0.25) is 12.1 Å². The lowest BCUT2D eigenvalue weighted by Gasteiger charge is -2.28. The lowest BCUT2D eigenvalue weighted by Crippen LogP contribution is -2.46. The van der Waals surface area contributed by atoms with Gasteiger partial charge in [0, 0.05) is 58.2 Å². The minimum absolute atomic E-state index is 0.192. The summed E-state index contributed by atoms with van der Waals surface area (Å²) in [6, 6.07) is 1.35. The monoisotopic (exact) mass is 468 g/mol. The predicted octanol–water partition coefficient (Wildman–Crippen LogP) is 4.19. The summed E-state index contributed by atoms with van der Waals surface area (Å²) < 4.78 is 40.3. The number of ether oxygens (including phenoxy) is 1. The SMILES string of the molecule is CCO[Si](CCCCC(=O)OCCC[Si](OCC)(OCC)OCC)(OCC)OCC. The second-order valence-corrected chi connectivity index (χ2v) is 12.0. The van der Waals surface area contributed by atoms with Crippen LogP contribution in [0.3, 0.4) is 0 Å². The summed E-state index contributed by atoms with van der Waals surface area (Å²) in [6.45, 7) is 15.3. The van der Waals surface area contributed by atoms with Gasteiger partial charge in [-0.3, -0.25) is 4.79 Å². The van der Waals surface area contributed by atoms with Crippen LogP contribution in [-0.4, -0.2) is 69.8 Å². The van der Waals surface area contributed by atoms with E-state index < -0.39 is 17.6 Å². The number of hydrogen-bond donors (Lipinski definition) is 0. The predicted molar refractivity (Wildman–Crippen MR) is 120 cm³/mol. The summed E-state index contributed by atoms with van der Waals surface area (Å²) in [5.41, 5.74) is 0. The Kier molecular flexibility index (Phi) is 18.1. The van der Waals surface area contributed by atoms with Crippen LogP contribution in [0.25, 0.3) is 0 Å². The fourth-order valence-corrected chi connectivity index (χ4v) is 8.43. The Bertz CT molecular complexity index is 356. The van der Waals surface area contributed by atoms with Crippen LogP contribution in [-0.2, 0) is 36.1 Å². The number of carbonyl (C=O) groups is 1. The zero-order valence-electron chi connectivity index (χ0n) is 20.0. The molecule has 30 heavy (non-hydrogen) atoms. The first-order valence-corrected chi connectivity index (χ1v) is 15.3. The summed E-state index contributed by atoms with van der Waals surface area (Å²) >= 11 is 0. The number of carbonyl (C=O) groups excluding carboxylic acids is 1. The Labute approximate surface area is 185 Å². The van der Waals surface area contributed by atoms with Crippen molar-refractivity contribution in [1.82, 2.24) is 0 Å². The highest BCUT2D eigenvalue weighted by Crippen LogP contribution is 2.21. The van der Waals surface area contributed by atoms with E-state index >= 15 is 0 Å². The first kappa shape index (κ1) is 29.7. The highest BCUT2D eigenvalue weighted by Gasteiger charge is 2.40. The van der Waals surface area contributed by atoms with Crippen LogP contribution in [0.5, 0.6) is 0 Å². The van der Waals surface area contributed by atoms with Crippen molar-refractivity contribution in [3.8, 4) is 0 Å². The van der Waals surface area contributed by atoms with Crippen molar-refractivity contribution < 1.29 is 36.1 Å². The van der Waals surface area contributed by atoms with Gasteiger partial charge in [-0.05, 0) is 60.8 Å². The largest absolute Gasteiger partial charge is 0.501 e. The third kappa shape index (κ3) is 12.5. The molecule has 0 radical (unpaired) electrons. The van der Waals surface area contributed by atoms with Gasteiger partial charge in [0.2, 0.25) is 0 Å². The number of rotatable bonds is 21. The molecule has 0 aliphatic carbocycles. The van der Waals surface area contributed by atoms with Crippen LogP contribution in [0, 0.1) is 0 Å².